The van der Waals surface area contributed by atoms with Crippen molar-refractivity contribution in [1.29, 1.82) is 0 Å². The van der Waals surface area contributed by atoms with Crippen molar-refractivity contribution in [2.75, 3.05) is 35.3 Å². The van der Waals surface area contributed by atoms with E-state index in [0.717, 1.165) is 11.5 Å². The Morgan fingerprint density at radius 1 is 1.21 bits per heavy atom. The molecular weight excluding hydrogens is 377 g/mol. The van der Waals surface area contributed by atoms with Gasteiger partial charge >= 0.3 is 0 Å². The van der Waals surface area contributed by atoms with E-state index < -0.39 is 0 Å². The first-order valence-corrected chi connectivity index (χ1v) is 6.05. The van der Waals surface area contributed by atoms with Crippen molar-refractivity contribution in [3.63, 3.8) is 0 Å². The molecule has 0 bridgehead atoms. The lowest BCUT2D eigenvalue weighted by molar-refractivity contribution is 0.415. The van der Waals surface area contributed by atoms with Gasteiger partial charge in [-0.3, -0.25) is 0 Å². The Balaban J connectivity index is 0.00000324. The van der Waals surface area contributed by atoms with Crippen molar-refractivity contribution in [3.8, 4) is 5.75 Å². The van der Waals surface area contributed by atoms with Crippen LogP contribution in [0.5, 0.6) is 5.75 Å². The van der Waals surface area contributed by atoms with E-state index in [0.29, 0.717) is 17.3 Å². The molecule has 6 heteroatoms. The van der Waals surface area contributed by atoms with Gasteiger partial charge in [0.1, 0.15) is 5.75 Å². The first kappa shape index (κ1) is 18.3. The number of hydrogen-bond acceptors (Lipinski definition) is 2. The van der Waals surface area contributed by atoms with Gasteiger partial charge in [-0.2, -0.15) is 0 Å². The van der Waals surface area contributed by atoms with Crippen LogP contribution in [0.25, 0.3) is 0 Å². The van der Waals surface area contributed by atoms with Gasteiger partial charge in [-0.25, -0.2) is 4.99 Å². The minimum absolute atomic E-state index is 0. The van der Waals surface area contributed by atoms with E-state index in [-0.39, 0.29) is 24.0 Å². The zero-order chi connectivity index (χ0) is 13.7. The summed E-state index contributed by atoms with van der Waals surface area (Å²) in [5.41, 5.74) is 1.06. The minimum Gasteiger partial charge on any atom is -0.495 e. The van der Waals surface area contributed by atoms with Gasteiger partial charge in [0, 0.05) is 28.2 Å². The van der Waals surface area contributed by atoms with E-state index in [4.69, 9.17) is 16.3 Å². The van der Waals surface area contributed by atoms with Gasteiger partial charge < -0.3 is 14.5 Å². The molecule has 0 saturated heterocycles. The number of hydrogen-bond donors (Lipinski definition) is 0. The summed E-state index contributed by atoms with van der Waals surface area (Å²) in [6, 6.07) is 5.71. The molecule has 0 N–H and O–H groups in total. The van der Waals surface area contributed by atoms with Crippen LogP contribution < -0.4 is 4.74 Å². The van der Waals surface area contributed by atoms with Crippen molar-refractivity contribution in [2.45, 2.75) is 6.54 Å². The highest BCUT2D eigenvalue weighted by Crippen LogP contribution is 2.25. The molecular formula is C13H21ClIN3O. The predicted molar refractivity (Wildman–Crippen MR) is 91.9 cm³/mol. The Labute approximate surface area is 137 Å². The lowest BCUT2D eigenvalue weighted by Gasteiger charge is -2.22. The summed E-state index contributed by atoms with van der Waals surface area (Å²) in [5.74, 6) is 1.60. The van der Waals surface area contributed by atoms with Crippen molar-refractivity contribution < 1.29 is 4.74 Å². The Bertz CT molecular complexity index is 426. The molecule has 4 nitrogen and oxygen atoms in total. The number of aliphatic imine (C=N–C) groups is 1. The van der Waals surface area contributed by atoms with Gasteiger partial charge in [-0.15, -0.1) is 24.0 Å². The summed E-state index contributed by atoms with van der Waals surface area (Å²) in [6.07, 6.45) is 0. The highest BCUT2D eigenvalue weighted by molar-refractivity contribution is 14.0. The molecule has 0 fully saturated rings. The van der Waals surface area contributed by atoms with Crippen LogP contribution in [0.4, 0.5) is 0 Å². The summed E-state index contributed by atoms with van der Waals surface area (Å²) in [4.78, 5) is 8.51. The van der Waals surface area contributed by atoms with E-state index in [2.05, 4.69) is 4.99 Å². The van der Waals surface area contributed by atoms with Crippen LogP contribution in [0.3, 0.4) is 0 Å². The summed E-state index contributed by atoms with van der Waals surface area (Å²) in [7, 11) is 9.49. The molecule has 0 saturated carbocycles. The van der Waals surface area contributed by atoms with Crippen LogP contribution in [-0.4, -0.2) is 51.1 Å². The molecule has 0 aliphatic rings. The number of guanidine groups is 1. The molecule has 0 amide bonds. The number of ether oxygens (including phenoxy) is 1. The monoisotopic (exact) mass is 397 g/mol. The number of nitrogens with zero attached hydrogens (tertiary/aromatic N) is 3. The van der Waals surface area contributed by atoms with Crippen molar-refractivity contribution in [1.82, 2.24) is 9.80 Å². The second-order valence-corrected chi connectivity index (χ2v) is 4.78. The number of halogens is 2. The second kappa shape index (κ2) is 8.47. The first-order valence-electron chi connectivity index (χ1n) is 5.67. The largest absolute Gasteiger partial charge is 0.495 e. The quantitative estimate of drug-likeness (QED) is 0.446. The molecule has 0 heterocycles. The van der Waals surface area contributed by atoms with E-state index in [1.165, 1.54) is 0 Å². The maximum Gasteiger partial charge on any atom is 0.195 e. The van der Waals surface area contributed by atoms with Crippen LogP contribution >= 0.6 is 35.6 Å². The van der Waals surface area contributed by atoms with Crippen molar-refractivity contribution in [2.24, 2.45) is 4.99 Å². The normalized spacial score (nSPS) is 9.37. The molecule has 0 aliphatic heterocycles. The minimum atomic E-state index is 0. The fourth-order valence-electron chi connectivity index (χ4n) is 1.65. The lowest BCUT2D eigenvalue weighted by atomic mass is 10.2. The van der Waals surface area contributed by atoms with Gasteiger partial charge in [0.25, 0.3) is 0 Å². The fraction of sp³-hybridized carbons (Fsp3) is 0.462. The summed E-state index contributed by atoms with van der Waals surface area (Å²) in [6.45, 7) is 0.593. The van der Waals surface area contributed by atoms with E-state index >= 15 is 0 Å². The third-order valence-electron chi connectivity index (χ3n) is 2.42. The average Bonchev–Trinajstić information content (AvgIpc) is 2.28. The molecule has 0 spiro atoms. The molecule has 0 unspecified atom stereocenters. The molecule has 0 aromatic heterocycles. The standard InChI is InChI=1S/C13H20ClN3O.HI/c1-16(2)13(17(3)4)15-9-10-6-7-12(18-5)11(14)8-10;/h6-8H,9H2,1-5H3;1H. The van der Waals surface area contributed by atoms with Gasteiger partial charge in [-0.1, -0.05) is 17.7 Å². The van der Waals surface area contributed by atoms with E-state index in [1.54, 1.807) is 7.11 Å². The van der Waals surface area contributed by atoms with Gasteiger partial charge in [-0.05, 0) is 17.7 Å². The average molecular weight is 398 g/mol. The van der Waals surface area contributed by atoms with Crippen LogP contribution in [0.15, 0.2) is 23.2 Å². The topological polar surface area (TPSA) is 28.1 Å². The van der Waals surface area contributed by atoms with E-state index in [9.17, 15) is 0 Å². The molecule has 0 atom stereocenters. The Morgan fingerprint density at radius 2 is 1.79 bits per heavy atom. The third kappa shape index (κ3) is 5.44. The molecule has 108 valence electrons. The molecule has 19 heavy (non-hydrogen) atoms. The number of benzene rings is 1. The van der Waals surface area contributed by atoms with Crippen LogP contribution in [0.1, 0.15) is 5.56 Å². The third-order valence-corrected chi connectivity index (χ3v) is 2.71. The molecule has 0 radical (unpaired) electrons. The summed E-state index contributed by atoms with van der Waals surface area (Å²) >= 11 is 6.08. The highest BCUT2D eigenvalue weighted by Gasteiger charge is 2.05. The van der Waals surface area contributed by atoms with Crippen molar-refractivity contribution >= 4 is 41.5 Å². The van der Waals surface area contributed by atoms with Crippen molar-refractivity contribution in [3.05, 3.63) is 28.8 Å². The van der Waals surface area contributed by atoms with Gasteiger partial charge in [0.05, 0.1) is 18.7 Å². The Morgan fingerprint density at radius 3 is 2.21 bits per heavy atom. The number of methoxy groups -OCH3 is 1. The van der Waals surface area contributed by atoms with Crippen LogP contribution in [-0.2, 0) is 6.54 Å². The SMILES string of the molecule is COc1ccc(CN=C(N(C)C)N(C)C)cc1Cl.I. The zero-order valence-electron chi connectivity index (χ0n) is 12.0. The zero-order valence-corrected chi connectivity index (χ0v) is 15.1. The molecule has 1 aromatic carbocycles. The highest BCUT2D eigenvalue weighted by atomic mass is 127. The van der Waals surface area contributed by atoms with Crippen LogP contribution in [0.2, 0.25) is 5.02 Å². The second-order valence-electron chi connectivity index (χ2n) is 4.37. The fourth-order valence-corrected chi connectivity index (χ4v) is 1.93. The maximum atomic E-state index is 6.08. The number of rotatable bonds is 3. The predicted octanol–water partition coefficient (Wildman–Crippen LogP) is 2.95. The lowest BCUT2D eigenvalue weighted by Crippen LogP contribution is -2.35. The smallest absolute Gasteiger partial charge is 0.195 e. The summed E-state index contributed by atoms with van der Waals surface area (Å²) < 4.78 is 5.12. The molecule has 1 rings (SSSR count). The Hall–Kier alpha value is -0.690. The van der Waals surface area contributed by atoms with Crippen LogP contribution in [0, 0.1) is 0 Å². The maximum absolute atomic E-state index is 6.08. The Kier molecular flexibility index (Phi) is 8.17. The molecule has 0 aliphatic carbocycles. The van der Waals surface area contributed by atoms with E-state index in [1.807, 2.05) is 56.2 Å². The van der Waals surface area contributed by atoms with Gasteiger partial charge in [0.15, 0.2) is 5.96 Å². The van der Waals surface area contributed by atoms with Gasteiger partial charge in [0.2, 0.25) is 0 Å². The summed E-state index contributed by atoms with van der Waals surface area (Å²) in [5, 5.41) is 0.612. The molecule has 1 aromatic rings. The first-order chi connectivity index (χ1) is 8.45.